The van der Waals surface area contributed by atoms with E-state index in [1.165, 1.54) is 0 Å². The van der Waals surface area contributed by atoms with E-state index in [2.05, 4.69) is 47.6 Å². The van der Waals surface area contributed by atoms with Gasteiger partial charge in [0.15, 0.2) is 5.13 Å². The standard InChI is InChI=1S/C25H29N3O2S/c1-17(2)13-22(24(29)30)20-7-3-5-18(14-20)19-6-4-8-21(15-19)23-16-31-25(27-23)28-11-9-26-10-12-28/h3-8,14-17,22,26H,9-13H2,1-2H3,(H,29,30). The number of hydrogen-bond acceptors (Lipinski definition) is 5. The van der Waals surface area contributed by atoms with Crippen LogP contribution in [0.5, 0.6) is 0 Å². The quantitative estimate of drug-likeness (QED) is 0.540. The van der Waals surface area contributed by atoms with Crippen molar-refractivity contribution in [2.75, 3.05) is 31.1 Å². The van der Waals surface area contributed by atoms with Crippen molar-refractivity contribution in [1.82, 2.24) is 10.3 Å². The van der Waals surface area contributed by atoms with Crippen LogP contribution in [0.25, 0.3) is 22.4 Å². The molecule has 2 heterocycles. The van der Waals surface area contributed by atoms with Gasteiger partial charge in [-0.2, -0.15) is 0 Å². The summed E-state index contributed by atoms with van der Waals surface area (Å²) in [6.07, 6.45) is 0.631. The number of nitrogens with one attached hydrogen (secondary N) is 1. The highest BCUT2D eigenvalue weighted by atomic mass is 32.1. The lowest BCUT2D eigenvalue weighted by Gasteiger charge is -2.26. The lowest BCUT2D eigenvalue weighted by atomic mass is 9.88. The molecule has 0 aliphatic carbocycles. The second-order valence-corrected chi connectivity index (χ2v) is 9.32. The molecule has 0 bridgehead atoms. The van der Waals surface area contributed by atoms with Gasteiger partial charge in [0.25, 0.3) is 0 Å². The minimum atomic E-state index is -0.762. The summed E-state index contributed by atoms with van der Waals surface area (Å²) in [4.78, 5) is 19.1. The van der Waals surface area contributed by atoms with Crippen LogP contribution in [-0.4, -0.2) is 42.2 Å². The molecule has 0 spiro atoms. The minimum absolute atomic E-state index is 0.322. The number of carboxylic acid groups (broad SMARTS) is 1. The summed E-state index contributed by atoms with van der Waals surface area (Å²) in [5.41, 5.74) is 5.03. The number of aromatic nitrogens is 1. The summed E-state index contributed by atoms with van der Waals surface area (Å²) in [7, 11) is 0. The maximum absolute atomic E-state index is 11.8. The first kappa shape index (κ1) is 21.5. The van der Waals surface area contributed by atoms with Gasteiger partial charge in [0.2, 0.25) is 0 Å². The summed E-state index contributed by atoms with van der Waals surface area (Å²) in [5, 5.41) is 16.3. The molecule has 162 valence electrons. The van der Waals surface area contributed by atoms with E-state index in [0.717, 1.165) is 59.3 Å². The number of carboxylic acids is 1. The van der Waals surface area contributed by atoms with Crippen LogP contribution in [0.2, 0.25) is 0 Å². The zero-order valence-corrected chi connectivity index (χ0v) is 18.9. The molecule has 2 aromatic carbocycles. The molecule has 2 N–H and O–H groups in total. The van der Waals surface area contributed by atoms with E-state index >= 15 is 0 Å². The van der Waals surface area contributed by atoms with Crippen molar-refractivity contribution in [1.29, 1.82) is 0 Å². The molecule has 0 saturated carbocycles. The van der Waals surface area contributed by atoms with E-state index in [0.29, 0.717) is 12.3 Å². The van der Waals surface area contributed by atoms with Gasteiger partial charge in [-0.05, 0) is 35.1 Å². The molecule has 1 fully saturated rings. The second-order valence-electron chi connectivity index (χ2n) is 8.48. The van der Waals surface area contributed by atoms with Crippen molar-refractivity contribution >= 4 is 22.4 Å². The number of nitrogens with zero attached hydrogens (tertiary/aromatic N) is 2. The molecule has 0 radical (unpaired) electrons. The van der Waals surface area contributed by atoms with E-state index < -0.39 is 11.9 Å². The third kappa shape index (κ3) is 5.14. The molecule has 1 unspecified atom stereocenters. The molecule has 1 atom stereocenters. The van der Waals surface area contributed by atoms with Crippen LogP contribution >= 0.6 is 11.3 Å². The zero-order chi connectivity index (χ0) is 21.8. The highest BCUT2D eigenvalue weighted by Gasteiger charge is 2.21. The van der Waals surface area contributed by atoms with Crippen molar-refractivity contribution in [3.63, 3.8) is 0 Å². The van der Waals surface area contributed by atoms with Gasteiger partial charge in [-0.15, -0.1) is 11.3 Å². The number of hydrogen-bond donors (Lipinski definition) is 2. The molecule has 1 aliphatic rings. The highest BCUT2D eigenvalue weighted by Crippen LogP contribution is 2.32. The molecule has 6 heteroatoms. The number of benzene rings is 2. The molecule has 0 amide bonds. The Morgan fingerprint density at radius 1 is 1.10 bits per heavy atom. The predicted octanol–water partition coefficient (Wildman–Crippen LogP) is 5.10. The predicted molar refractivity (Wildman–Crippen MR) is 128 cm³/mol. The second kappa shape index (κ2) is 9.62. The Labute approximate surface area is 187 Å². The van der Waals surface area contributed by atoms with Crippen molar-refractivity contribution in [2.45, 2.75) is 26.2 Å². The number of anilines is 1. The van der Waals surface area contributed by atoms with E-state index in [9.17, 15) is 9.90 Å². The van der Waals surface area contributed by atoms with Crippen molar-refractivity contribution in [3.8, 4) is 22.4 Å². The van der Waals surface area contributed by atoms with E-state index in [4.69, 9.17) is 4.98 Å². The molecule has 1 saturated heterocycles. The van der Waals surface area contributed by atoms with Gasteiger partial charge in [-0.3, -0.25) is 4.79 Å². The summed E-state index contributed by atoms with van der Waals surface area (Å²) in [6.45, 7) is 8.09. The molecule has 31 heavy (non-hydrogen) atoms. The Balaban J connectivity index is 1.60. The molecule has 4 rings (SSSR count). The average Bonchev–Trinajstić information content (AvgIpc) is 3.28. The topological polar surface area (TPSA) is 65.5 Å². The van der Waals surface area contributed by atoms with Crippen LogP contribution in [-0.2, 0) is 4.79 Å². The number of thiazole rings is 1. The van der Waals surface area contributed by atoms with Crippen molar-refractivity contribution < 1.29 is 9.90 Å². The van der Waals surface area contributed by atoms with Gasteiger partial charge in [0, 0.05) is 37.1 Å². The smallest absolute Gasteiger partial charge is 0.310 e. The minimum Gasteiger partial charge on any atom is -0.481 e. The number of piperazine rings is 1. The fourth-order valence-corrected chi connectivity index (χ4v) is 4.93. The van der Waals surface area contributed by atoms with Crippen LogP contribution in [0.15, 0.2) is 53.9 Å². The Morgan fingerprint density at radius 2 is 1.77 bits per heavy atom. The van der Waals surface area contributed by atoms with Crippen molar-refractivity contribution in [2.24, 2.45) is 5.92 Å². The number of aliphatic carboxylic acids is 1. The number of rotatable bonds is 7. The van der Waals surface area contributed by atoms with Gasteiger partial charge in [0.1, 0.15) is 0 Å². The van der Waals surface area contributed by atoms with E-state index in [1.54, 1.807) is 11.3 Å². The Kier molecular flexibility index (Phi) is 6.68. The fourth-order valence-electron chi connectivity index (χ4n) is 4.04. The molecule has 3 aromatic rings. The maximum atomic E-state index is 11.8. The molecular weight excluding hydrogens is 406 g/mol. The Bertz CT molecular complexity index is 1040. The van der Waals surface area contributed by atoms with Crippen LogP contribution in [0.1, 0.15) is 31.7 Å². The SMILES string of the molecule is CC(C)CC(C(=O)O)c1cccc(-c2cccc(-c3csc(N4CCNCC4)n3)c2)c1. The van der Waals surface area contributed by atoms with Crippen LogP contribution in [0, 0.1) is 5.92 Å². The highest BCUT2D eigenvalue weighted by molar-refractivity contribution is 7.14. The van der Waals surface area contributed by atoms with Gasteiger partial charge in [0.05, 0.1) is 11.6 Å². The average molecular weight is 436 g/mol. The number of carbonyl (C=O) groups is 1. The van der Waals surface area contributed by atoms with Crippen LogP contribution < -0.4 is 10.2 Å². The first-order chi connectivity index (χ1) is 15.0. The Hall–Kier alpha value is -2.70. The summed E-state index contributed by atoms with van der Waals surface area (Å²) in [5.74, 6) is -0.923. The van der Waals surface area contributed by atoms with E-state index in [-0.39, 0.29) is 0 Å². The molecule has 1 aromatic heterocycles. The molecule has 1 aliphatic heterocycles. The molecule has 5 nitrogen and oxygen atoms in total. The molecular formula is C25H29N3O2S. The zero-order valence-electron chi connectivity index (χ0n) is 18.0. The van der Waals surface area contributed by atoms with Gasteiger partial charge in [-0.25, -0.2) is 4.98 Å². The lowest BCUT2D eigenvalue weighted by Crippen LogP contribution is -2.43. The van der Waals surface area contributed by atoms with Gasteiger partial charge < -0.3 is 15.3 Å². The lowest BCUT2D eigenvalue weighted by molar-refractivity contribution is -0.139. The van der Waals surface area contributed by atoms with Crippen LogP contribution in [0.4, 0.5) is 5.13 Å². The summed E-state index contributed by atoms with van der Waals surface area (Å²) >= 11 is 1.69. The normalized spacial score (nSPS) is 15.3. The first-order valence-electron chi connectivity index (χ1n) is 10.9. The summed E-state index contributed by atoms with van der Waals surface area (Å²) < 4.78 is 0. The first-order valence-corrected chi connectivity index (χ1v) is 11.7. The Morgan fingerprint density at radius 3 is 2.48 bits per heavy atom. The van der Waals surface area contributed by atoms with Crippen LogP contribution in [0.3, 0.4) is 0 Å². The third-order valence-corrected chi connectivity index (χ3v) is 6.57. The summed E-state index contributed by atoms with van der Waals surface area (Å²) in [6, 6.07) is 16.3. The van der Waals surface area contributed by atoms with Gasteiger partial charge >= 0.3 is 5.97 Å². The fraction of sp³-hybridized carbons (Fsp3) is 0.360. The van der Waals surface area contributed by atoms with E-state index in [1.807, 2.05) is 30.3 Å². The van der Waals surface area contributed by atoms with Gasteiger partial charge in [-0.1, -0.05) is 56.3 Å². The third-order valence-electron chi connectivity index (χ3n) is 5.67. The maximum Gasteiger partial charge on any atom is 0.310 e. The largest absolute Gasteiger partial charge is 0.481 e. The van der Waals surface area contributed by atoms with Crippen molar-refractivity contribution in [3.05, 3.63) is 59.5 Å². The monoisotopic (exact) mass is 435 g/mol.